The number of carbonyl (C=O) groups is 1. The SMILES string of the molecule is O=C(c1ccc(Br)cc1F)N(Cc1cccs1)CC1CCCO1. The summed E-state index contributed by atoms with van der Waals surface area (Å²) in [5, 5.41) is 1.98. The van der Waals surface area contributed by atoms with Crippen molar-refractivity contribution in [3.63, 3.8) is 0 Å². The van der Waals surface area contributed by atoms with Crippen molar-refractivity contribution >= 4 is 33.2 Å². The number of nitrogens with zero attached hydrogens (tertiary/aromatic N) is 1. The standard InChI is InChI=1S/C17H17BrFNO2S/c18-12-5-6-15(16(19)9-12)17(21)20(10-13-3-1-7-22-13)11-14-4-2-8-23-14/h2,4-6,8-9,13H,1,3,7,10-11H2. The molecule has 1 saturated heterocycles. The van der Waals surface area contributed by atoms with E-state index < -0.39 is 5.82 Å². The third-order valence-corrected chi connectivity index (χ3v) is 5.18. The monoisotopic (exact) mass is 397 g/mol. The molecule has 1 aliphatic heterocycles. The van der Waals surface area contributed by atoms with E-state index in [4.69, 9.17) is 4.74 Å². The van der Waals surface area contributed by atoms with Crippen molar-refractivity contribution in [2.75, 3.05) is 13.2 Å². The Morgan fingerprint density at radius 1 is 1.43 bits per heavy atom. The highest BCUT2D eigenvalue weighted by molar-refractivity contribution is 9.10. The summed E-state index contributed by atoms with van der Waals surface area (Å²) in [5.41, 5.74) is 0.0998. The van der Waals surface area contributed by atoms with Crippen molar-refractivity contribution in [1.29, 1.82) is 0 Å². The fourth-order valence-corrected chi connectivity index (χ4v) is 3.73. The van der Waals surface area contributed by atoms with Gasteiger partial charge in [0.1, 0.15) is 5.82 Å². The highest BCUT2D eigenvalue weighted by Gasteiger charge is 2.25. The number of halogens is 2. The molecule has 1 aromatic heterocycles. The van der Waals surface area contributed by atoms with Crippen molar-refractivity contribution in [2.24, 2.45) is 0 Å². The second-order valence-electron chi connectivity index (χ2n) is 5.52. The summed E-state index contributed by atoms with van der Waals surface area (Å²) in [7, 11) is 0. The van der Waals surface area contributed by atoms with Crippen LogP contribution in [0.4, 0.5) is 4.39 Å². The van der Waals surface area contributed by atoms with E-state index in [1.807, 2.05) is 17.5 Å². The van der Waals surface area contributed by atoms with E-state index in [0.717, 1.165) is 24.3 Å². The predicted molar refractivity (Wildman–Crippen MR) is 92.1 cm³/mol. The molecule has 0 N–H and O–H groups in total. The maximum atomic E-state index is 14.1. The molecule has 1 aromatic carbocycles. The summed E-state index contributed by atoms with van der Waals surface area (Å²) in [4.78, 5) is 15.6. The summed E-state index contributed by atoms with van der Waals surface area (Å²) in [6.45, 7) is 1.70. The van der Waals surface area contributed by atoms with Crippen molar-refractivity contribution in [3.05, 3.63) is 56.4 Å². The lowest BCUT2D eigenvalue weighted by atomic mass is 10.1. The minimum atomic E-state index is -0.507. The molecular weight excluding hydrogens is 381 g/mol. The molecule has 122 valence electrons. The van der Waals surface area contributed by atoms with Crippen LogP contribution in [-0.4, -0.2) is 30.1 Å². The molecule has 0 spiro atoms. The van der Waals surface area contributed by atoms with Crippen molar-refractivity contribution < 1.29 is 13.9 Å². The molecule has 1 aliphatic rings. The van der Waals surface area contributed by atoms with Crippen LogP contribution in [-0.2, 0) is 11.3 Å². The van der Waals surface area contributed by atoms with Crippen LogP contribution in [0.5, 0.6) is 0 Å². The molecule has 3 nitrogen and oxygen atoms in total. The normalized spacial score (nSPS) is 17.4. The Bertz CT molecular complexity index is 671. The highest BCUT2D eigenvalue weighted by Crippen LogP contribution is 2.21. The van der Waals surface area contributed by atoms with Crippen LogP contribution in [0.2, 0.25) is 0 Å². The van der Waals surface area contributed by atoms with Gasteiger partial charge in [0.2, 0.25) is 0 Å². The number of carbonyl (C=O) groups excluding carboxylic acids is 1. The molecule has 6 heteroatoms. The molecule has 23 heavy (non-hydrogen) atoms. The molecule has 1 unspecified atom stereocenters. The van der Waals surface area contributed by atoms with Gasteiger partial charge in [0.15, 0.2) is 0 Å². The van der Waals surface area contributed by atoms with E-state index in [2.05, 4.69) is 15.9 Å². The van der Waals surface area contributed by atoms with Crippen LogP contribution in [0.3, 0.4) is 0 Å². The second kappa shape index (κ2) is 7.55. The van der Waals surface area contributed by atoms with E-state index in [1.54, 1.807) is 22.3 Å². The zero-order valence-corrected chi connectivity index (χ0v) is 14.9. The van der Waals surface area contributed by atoms with Gasteiger partial charge < -0.3 is 9.64 Å². The van der Waals surface area contributed by atoms with Gasteiger partial charge in [-0.25, -0.2) is 4.39 Å². The Morgan fingerprint density at radius 3 is 2.96 bits per heavy atom. The van der Waals surface area contributed by atoms with E-state index in [0.29, 0.717) is 17.6 Å². The van der Waals surface area contributed by atoms with Crippen LogP contribution in [0, 0.1) is 5.82 Å². The molecule has 0 saturated carbocycles. The number of amides is 1. The first-order valence-corrected chi connectivity index (χ1v) is 9.19. The summed E-state index contributed by atoms with van der Waals surface area (Å²) < 4.78 is 20.4. The number of thiophene rings is 1. The van der Waals surface area contributed by atoms with Gasteiger partial charge in [-0.05, 0) is 42.5 Å². The van der Waals surface area contributed by atoms with E-state index in [-0.39, 0.29) is 17.6 Å². The second-order valence-corrected chi connectivity index (χ2v) is 7.47. The zero-order chi connectivity index (χ0) is 16.2. The quantitative estimate of drug-likeness (QED) is 0.744. The lowest BCUT2D eigenvalue weighted by Gasteiger charge is -2.25. The van der Waals surface area contributed by atoms with Gasteiger partial charge in [-0.15, -0.1) is 11.3 Å². The number of benzene rings is 1. The molecular formula is C17H17BrFNO2S. The van der Waals surface area contributed by atoms with Crippen molar-refractivity contribution in [3.8, 4) is 0 Å². The van der Waals surface area contributed by atoms with Gasteiger partial charge in [0.05, 0.1) is 18.2 Å². The molecule has 2 aromatic rings. The van der Waals surface area contributed by atoms with Gasteiger partial charge in [-0.1, -0.05) is 22.0 Å². The van der Waals surface area contributed by atoms with E-state index in [9.17, 15) is 9.18 Å². The molecule has 1 fully saturated rings. The molecule has 1 atom stereocenters. The summed E-state index contributed by atoms with van der Waals surface area (Å²) >= 11 is 4.81. The fourth-order valence-electron chi connectivity index (χ4n) is 2.68. The minimum Gasteiger partial charge on any atom is -0.376 e. The summed E-state index contributed by atoms with van der Waals surface area (Å²) in [6.07, 6.45) is 1.99. The van der Waals surface area contributed by atoms with E-state index >= 15 is 0 Å². The topological polar surface area (TPSA) is 29.5 Å². The Balaban J connectivity index is 1.81. The Morgan fingerprint density at radius 2 is 2.30 bits per heavy atom. The number of rotatable bonds is 5. The number of ether oxygens (including phenoxy) is 1. The van der Waals surface area contributed by atoms with Crippen molar-refractivity contribution in [1.82, 2.24) is 4.90 Å². The third kappa shape index (κ3) is 4.19. The first kappa shape index (κ1) is 16.6. The van der Waals surface area contributed by atoms with Crippen molar-refractivity contribution in [2.45, 2.75) is 25.5 Å². The van der Waals surface area contributed by atoms with Crippen LogP contribution in [0.1, 0.15) is 28.1 Å². The van der Waals surface area contributed by atoms with Crippen LogP contribution >= 0.6 is 27.3 Å². The van der Waals surface area contributed by atoms with Gasteiger partial charge in [-0.3, -0.25) is 4.79 Å². The molecule has 0 aliphatic carbocycles. The smallest absolute Gasteiger partial charge is 0.257 e. The van der Waals surface area contributed by atoms with Gasteiger partial charge in [0.25, 0.3) is 5.91 Å². The van der Waals surface area contributed by atoms with Gasteiger partial charge in [-0.2, -0.15) is 0 Å². The van der Waals surface area contributed by atoms with Crippen LogP contribution in [0.25, 0.3) is 0 Å². The molecule has 0 bridgehead atoms. The van der Waals surface area contributed by atoms with Gasteiger partial charge >= 0.3 is 0 Å². The lowest BCUT2D eigenvalue weighted by Crippen LogP contribution is -2.37. The molecule has 1 amide bonds. The highest BCUT2D eigenvalue weighted by atomic mass is 79.9. The number of hydrogen-bond donors (Lipinski definition) is 0. The molecule has 0 radical (unpaired) electrons. The molecule has 2 heterocycles. The maximum absolute atomic E-state index is 14.1. The fraction of sp³-hybridized carbons (Fsp3) is 0.353. The largest absolute Gasteiger partial charge is 0.376 e. The third-order valence-electron chi connectivity index (χ3n) is 3.82. The zero-order valence-electron chi connectivity index (χ0n) is 12.5. The van der Waals surface area contributed by atoms with Crippen LogP contribution in [0.15, 0.2) is 40.2 Å². The Kier molecular flexibility index (Phi) is 5.46. The lowest BCUT2D eigenvalue weighted by molar-refractivity contribution is 0.0506. The number of hydrogen-bond acceptors (Lipinski definition) is 3. The summed E-state index contributed by atoms with van der Waals surface area (Å²) in [6, 6.07) is 8.47. The first-order chi connectivity index (χ1) is 11.1. The predicted octanol–water partition coefficient (Wildman–Crippen LogP) is 4.47. The van der Waals surface area contributed by atoms with Gasteiger partial charge in [0, 0.05) is 22.5 Å². The van der Waals surface area contributed by atoms with Crippen LogP contribution < -0.4 is 0 Å². The Hall–Kier alpha value is -1.24. The minimum absolute atomic E-state index is 0.0393. The first-order valence-electron chi connectivity index (χ1n) is 7.52. The average Bonchev–Trinajstić information content (AvgIpc) is 3.19. The molecule has 3 rings (SSSR count). The average molecular weight is 398 g/mol. The maximum Gasteiger partial charge on any atom is 0.257 e. The Labute approximate surface area is 147 Å². The van der Waals surface area contributed by atoms with E-state index in [1.165, 1.54) is 12.1 Å². The summed E-state index contributed by atoms with van der Waals surface area (Å²) in [5.74, 6) is -0.799.